The maximum Gasteiger partial charge on any atom is 2.00 e. The molecule has 0 aliphatic rings. The van der Waals surface area contributed by atoms with Gasteiger partial charge in [-0.3, -0.25) is 28.2 Å². The van der Waals surface area contributed by atoms with Crippen molar-refractivity contribution in [3.05, 3.63) is 55.9 Å². The van der Waals surface area contributed by atoms with Gasteiger partial charge in [-0.2, -0.15) is 0 Å². The molecule has 0 saturated carbocycles. The average molecular weight is 1720 g/mol. The Balaban J connectivity index is -0.0000000435. The second-order valence-corrected chi connectivity index (χ2v) is 16.2. The van der Waals surface area contributed by atoms with Gasteiger partial charge in [0.15, 0.2) is 0 Å². The Morgan fingerprint density at radius 2 is 0.722 bits per heavy atom. The van der Waals surface area contributed by atoms with E-state index in [0.29, 0.717) is 77.6 Å². The number of ketones is 4. The van der Waals surface area contributed by atoms with E-state index in [2.05, 4.69) is 122 Å². The van der Waals surface area contributed by atoms with Crippen LogP contribution in [0.25, 0.3) is 0 Å². The van der Waals surface area contributed by atoms with Gasteiger partial charge in [-0.15, -0.1) is 0 Å². The molecule has 0 spiro atoms. The van der Waals surface area contributed by atoms with E-state index in [9.17, 15) is 28.8 Å². The van der Waals surface area contributed by atoms with Gasteiger partial charge in [0.25, 0.3) is 0 Å². The Morgan fingerprint density at radius 3 is 0.778 bits per heavy atom. The van der Waals surface area contributed by atoms with Gasteiger partial charge in [0.2, 0.25) is 0 Å². The van der Waals surface area contributed by atoms with E-state index >= 15 is 0 Å². The van der Waals surface area contributed by atoms with Crippen LogP contribution in [0.4, 0.5) is 0 Å². The van der Waals surface area contributed by atoms with E-state index in [1.807, 2.05) is 37.7 Å². The van der Waals surface area contributed by atoms with Gasteiger partial charge in [-0.1, -0.05) is 156 Å². The van der Waals surface area contributed by atoms with Gasteiger partial charge in [0.1, 0.15) is 12.6 Å². The van der Waals surface area contributed by atoms with Crippen molar-refractivity contribution in [1.29, 1.82) is 0 Å². The summed E-state index contributed by atoms with van der Waals surface area (Å²) in [4.78, 5) is 65.1. The van der Waals surface area contributed by atoms with Gasteiger partial charge in [-0.05, 0) is 132 Å². The zero-order valence-corrected chi connectivity index (χ0v) is 60.6. The van der Waals surface area contributed by atoms with Crippen LogP contribution in [-0.2, 0) is 113 Å². The molecular weight excluding hydrogens is 1590 g/mol. The first-order valence-electron chi connectivity index (χ1n) is 28.5. The minimum atomic E-state index is -0.195. The fourth-order valence-electron chi connectivity index (χ4n) is 2.85. The Bertz CT molecular complexity index is 1000. The first-order valence-corrected chi connectivity index (χ1v) is 24.2. The molecule has 0 aromatic heterocycles. The van der Waals surface area contributed by atoms with Gasteiger partial charge < -0.3 is 82.0 Å². The molecule has 5 atom stereocenters. The molecule has 0 heterocycles. The number of hydrogen-bond acceptors (Lipinski definition) is 11. The first kappa shape index (κ1) is 91.5. The Morgan fingerprint density at radius 1 is 0.500 bits per heavy atom. The van der Waals surface area contributed by atoms with Crippen LogP contribution in [0.1, 0.15) is 202 Å². The van der Waals surface area contributed by atoms with Crippen LogP contribution in [0.5, 0.6) is 0 Å². The fourth-order valence-corrected chi connectivity index (χ4v) is 2.85. The summed E-state index contributed by atoms with van der Waals surface area (Å²) in [5.74, 6) is 1.53. The average Bonchev–Trinajstić information content (AvgIpc) is 3.36. The van der Waals surface area contributed by atoms with E-state index in [0.717, 1.165) is 57.8 Å². The number of rotatable bonds is 22. The third-order valence-corrected chi connectivity index (χ3v) is 8.42. The minimum Gasteiger partial charge on any atom is -0.475 e. The SMILES string of the molecule is CCC(CC)CO.[2H]CC(C)CC.[2H]CC(CC)CC.[2H]CC(CC)CC([CH2-])=O.[2H]CC(CC)CC([CH2-])=O.[2H]CC(CC=O)CC([CH2-])=O.[2H]CC(CC=O)CC([CH2-])=O.[CH2-]N(C)CC.[CH2-]N(C)CC.[CH2-]NC.[CH2-]NC.[W+2].[W+2].[W+2].[W+2]. The number of aliphatic hydroxyl groups is 1. The molecule has 0 radical (unpaired) electrons. The van der Waals surface area contributed by atoms with Crippen LogP contribution < -0.4 is 10.6 Å². The van der Waals surface area contributed by atoms with Crippen molar-refractivity contribution in [2.45, 2.75) is 194 Å². The summed E-state index contributed by atoms with van der Waals surface area (Å²) < 4.78 is 41.6. The molecule has 0 aromatic carbocycles. The standard InChI is InChI=1S/2C7H11O2.2C7H13O.C6H14O.C6H14.C5H12.2C4H10N.2C2H6N.4W/c2*1-6(3-4-8)5-7(2)9;2*1-4-6(2)5-7(3)8;1-3-6(4-2)5-7;1-4-6(3)5-2;3*1-4-5(2)3;2*1-3-2;;;;/h2*4,6H,2-3,5H2,1H3;2*6H,3-5H2,1-2H3;6-7H,3-5H2,1-2H3;6H,4-5H2,1-3H3;5H,4H2,1-3H3;2*2,4H2,1,3H3;2*3H,1H2,2H3;;;;/q4*-1;;;;4*-1;4*+2/i2*1D;2*2D;;3D;2D;;;;;;;;. The molecule has 72 heavy (non-hydrogen) atoms. The molecule has 15 heteroatoms. The van der Waals surface area contributed by atoms with Gasteiger partial charge >= 0.3 is 84.3 Å². The van der Waals surface area contributed by atoms with Crippen molar-refractivity contribution in [2.24, 2.45) is 41.4 Å². The predicted octanol–water partition coefficient (Wildman–Crippen LogP) is 13.0. The Hall–Kier alpha value is 0.0532. The molecule has 0 amide bonds. The zero-order valence-electron chi connectivity index (χ0n) is 54.8. The zero-order chi connectivity index (χ0) is 60.9. The topological polar surface area (TPSA) is 153 Å². The van der Waals surface area contributed by atoms with Gasteiger partial charge in [0, 0.05) is 27.7 Å². The molecule has 0 aliphatic carbocycles. The number of carbonyl (C=O) groups is 6. The quantitative estimate of drug-likeness (QED) is 0.0701. The number of hydrogen-bond donors (Lipinski definition) is 3. The maximum absolute atomic E-state index is 10.4. The number of carbonyl (C=O) groups excluding carboxylic acids is 6. The normalized spacial score (nSPS) is 11.9. The van der Waals surface area contributed by atoms with Crippen molar-refractivity contribution in [3.63, 3.8) is 0 Å². The molecule has 0 rings (SSSR count). The molecule has 0 aromatic rings. The van der Waals surface area contributed by atoms with Gasteiger partial charge in [0.05, 0.1) is 0 Å². The van der Waals surface area contributed by atoms with Crippen molar-refractivity contribution < 1.29 is 126 Å². The van der Waals surface area contributed by atoms with Crippen molar-refractivity contribution in [1.82, 2.24) is 20.4 Å². The molecule has 5 unspecified atom stereocenters. The van der Waals surface area contributed by atoms with Crippen molar-refractivity contribution in [3.8, 4) is 0 Å². The molecule has 0 saturated heterocycles. The summed E-state index contributed by atoms with van der Waals surface area (Å²) in [6.45, 7) is 38.2. The Kier molecular flexibility index (Phi) is 127. The first-order chi connectivity index (χ1) is 34.7. The van der Waals surface area contributed by atoms with Crippen LogP contribution in [0, 0.1) is 97.3 Å². The Labute approximate surface area is 518 Å². The molecule has 0 bridgehead atoms. The summed E-state index contributed by atoms with van der Waals surface area (Å²) in [5.41, 5.74) is 0. The van der Waals surface area contributed by atoms with Crippen LogP contribution in [0.2, 0.25) is 0 Å². The van der Waals surface area contributed by atoms with Crippen LogP contribution in [-0.4, -0.2) is 98.5 Å². The van der Waals surface area contributed by atoms with Gasteiger partial charge in [-0.25, -0.2) is 0 Å². The molecular formula is C57H120N4O7W4. The van der Waals surface area contributed by atoms with Crippen LogP contribution in [0.15, 0.2) is 0 Å². The predicted molar refractivity (Wildman–Crippen MR) is 301 cm³/mol. The third-order valence-electron chi connectivity index (χ3n) is 8.42. The smallest absolute Gasteiger partial charge is 0.475 e. The number of Topliss-reactive ketones (excluding diaryl/α,β-unsaturated/α-hetero) is 4. The largest absolute Gasteiger partial charge is 2.00 e. The van der Waals surface area contributed by atoms with E-state index in [1.165, 1.54) is 12.8 Å². The van der Waals surface area contributed by atoms with E-state index in [1.54, 1.807) is 14.1 Å². The summed E-state index contributed by atoms with van der Waals surface area (Å²) in [7, 11) is 21.1. The minimum absolute atomic E-state index is 0. The third kappa shape index (κ3) is 189. The maximum atomic E-state index is 10.4. The summed E-state index contributed by atoms with van der Waals surface area (Å²) in [6.07, 6.45) is 11.0. The summed E-state index contributed by atoms with van der Waals surface area (Å²) in [6, 6.07) is 0. The molecule has 11 nitrogen and oxygen atoms in total. The molecule has 0 fully saturated rings. The van der Waals surface area contributed by atoms with E-state index in [-0.39, 0.29) is 158 Å². The molecule has 3 N–H and O–H groups in total. The van der Waals surface area contributed by atoms with E-state index < -0.39 is 0 Å². The fraction of sp³-hybridized carbons (Fsp3) is 0.754. The summed E-state index contributed by atoms with van der Waals surface area (Å²) in [5, 5.41) is 13.5. The van der Waals surface area contributed by atoms with E-state index in [4.69, 9.17) is 13.3 Å². The second kappa shape index (κ2) is 100.0. The molecule has 0 aliphatic heterocycles. The number of aliphatic hydroxyl groups excluding tert-OH is 1. The summed E-state index contributed by atoms with van der Waals surface area (Å²) >= 11 is 0. The number of aldehydes is 2. The van der Waals surface area contributed by atoms with Crippen molar-refractivity contribution >= 4 is 35.7 Å². The van der Waals surface area contributed by atoms with Crippen LogP contribution >= 0.6 is 0 Å². The van der Waals surface area contributed by atoms with Crippen LogP contribution in [0.3, 0.4) is 0 Å². The number of nitrogens with zero attached hydrogens (tertiary/aromatic N) is 2. The second-order valence-electron chi connectivity index (χ2n) is 16.2. The monoisotopic (exact) mass is 1710 g/mol. The van der Waals surface area contributed by atoms with Crippen molar-refractivity contribution in [2.75, 3.05) is 47.9 Å². The molecule has 434 valence electrons. The number of nitrogens with one attached hydrogen (secondary N) is 2.